The maximum Gasteiger partial charge on any atom is 0.230 e. The Balaban J connectivity index is 2.00. The molecule has 0 unspecified atom stereocenters. The SMILES string of the molecule is O=C1CC=C2Sc3ccccc3N=C3C=C/C3=C/2C1=O. The predicted octanol–water partition coefficient (Wildman–Crippen LogP) is 3.16. The molecule has 20 heavy (non-hydrogen) atoms. The van der Waals surface area contributed by atoms with Crippen molar-refractivity contribution in [3.8, 4) is 0 Å². The average molecular weight is 279 g/mol. The van der Waals surface area contributed by atoms with Crippen LogP contribution in [0, 0.1) is 0 Å². The fourth-order valence-corrected chi connectivity index (χ4v) is 3.49. The quantitative estimate of drug-likeness (QED) is 0.685. The van der Waals surface area contributed by atoms with Gasteiger partial charge in [-0.05, 0) is 24.3 Å². The van der Waals surface area contributed by atoms with Crippen molar-refractivity contribution in [2.45, 2.75) is 11.3 Å². The summed E-state index contributed by atoms with van der Waals surface area (Å²) in [6.07, 6.45) is 5.77. The van der Waals surface area contributed by atoms with Gasteiger partial charge in [-0.3, -0.25) is 9.59 Å². The van der Waals surface area contributed by atoms with Gasteiger partial charge in [0.1, 0.15) is 0 Å². The van der Waals surface area contributed by atoms with Gasteiger partial charge < -0.3 is 0 Å². The number of carbonyl (C=O) groups excluding carboxylic acids is 2. The van der Waals surface area contributed by atoms with Crippen molar-refractivity contribution in [1.82, 2.24) is 0 Å². The first-order valence-corrected chi connectivity index (χ1v) is 7.12. The van der Waals surface area contributed by atoms with Gasteiger partial charge in [-0.2, -0.15) is 0 Å². The number of Topliss-reactive ketones (excluding diaryl/α,β-unsaturated/α-hetero) is 2. The highest BCUT2D eigenvalue weighted by molar-refractivity contribution is 8.03. The summed E-state index contributed by atoms with van der Waals surface area (Å²) in [4.78, 5) is 30.3. The van der Waals surface area contributed by atoms with E-state index >= 15 is 0 Å². The molecule has 0 radical (unpaired) electrons. The number of thioether (sulfide) groups is 1. The summed E-state index contributed by atoms with van der Waals surface area (Å²) >= 11 is 1.51. The van der Waals surface area contributed by atoms with Gasteiger partial charge in [0.15, 0.2) is 0 Å². The van der Waals surface area contributed by atoms with E-state index < -0.39 is 0 Å². The molecule has 0 N–H and O–H groups in total. The molecule has 1 aliphatic heterocycles. The molecule has 0 spiro atoms. The van der Waals surface area contributed by atoms with Crippen molar-refractivity contribution >= 4 is 34.7 Å². The van der Waals surface area contributed by atoms with E-state index in [2.05, 4.69) is 4.99 Å². The number of carbonyl (C=O) groups is 2. The summed E-state index contributed by atoms with van der Waals surface area (Å²) in [7, 11) is 0. The largest absolute Gasteiger partial charge is 0.290 e. The van der Waals surface area contributed by atoms with E-state index in [4.69, 9.17) is 0 Å². The van der Waals surface area contributed by atoms with Gasteiger partial charge in [0.2, 0.25) is 11.6 Å². The number of fused-ring (bicyclic) bond motifs is 3. The molecular weight excluding hydrogens is 270 g/mol. The highest BCUT2D eigenvalue weighted by atomic mass is 32.2. The fourth-order valence-electron chi connectivity index (χ4n) is 2.41. The minimum Gasteiger partial charge on any atom is -0.290 e. The van der Waals surface area contributed by atoms with Crippen LogP contribution in [-0.2, 0) is 9.59 Å². The van der Waals surface area contributed by atoms with Crippen molar-refractivity contribution < 1.29 is 9.59 Å². The molecule has 4 heteroatoms. The molecule has 0 bridgehead atoms. The number of nitrogens with zero attached hydrogens (tertiary/aromatic N) is 1. The Labute approximate surface area is 119 Å². The second-order valence-corrected chi connectivity index (χ2v) is 5.80. The Bertz CT molecular complexity index is 796. The first-order valence-electron chi connectivity index (χ1n) is 6.30. The van der Waals surface area contributed by atoms with Gasteiger partial charge in [0.25, 0.3) is 0 Å². The molecule has 0 atom stereocenters. The normalized spacial score (nSPS) is 23.6. The van der Waals surface area contributed by atoms with Crippen LogP contribution in [-0.4, -0.2) is 17.3 Å². The minimum atomic E-state index is -0.388. The third-order valence-corrected chi connectivity index (χ3v) is 4.63. The summed E-state index contributed by atoms with van der Waals surface area (Å²) in [6.45, 7) is 0. The number of benzene rings is 1. The van der Waals surface area contributed by atoms with E-state index in [1.54, 1.807) is 0 Å². The van der Waals surface area contributed by atoms with Crippen molar-refractivity contribution in [3.05, 3.63) is 58.5 Å². The van der Waals surface area contributed by atoms with Crippen molar-refractivity contribution in [1.29, 1.82) is 0 Å². The van der Waals surface area contributed by atoms with Gasteiger partial charge in [0, 0.05) is 27.4 Å². The zero-order valence-corrected chi connectivity index (χ0v) is 11.2. The molecule has 4 rings (SSSR count). The van der Waals surface area contributed by atoms with Crippen molar-refractivity contribution in [2.75, 3.05) is 0 Å². The fraction of sp³-hybridized carbons (Fsp3) is 0.0625. The summed E-state index contributed by atoms with van der Waals surface area (Å²) in [5.41, 5.74) is 2.98. The van der Waals surface area contributed by atoms with Gasteiger partial charge >= 0.3 is 0 Å². The van der Waals surface area contributed by atoms with Crippen LogP contribution in [0.2, 0.25) is 0 Å². The first kappa shape index (κ1) is 11.6. The number of aliphatic imine (C=N–C) groups is 1. The molecule has 2 aliphatic carbocycles. The minimum absolute atomic E-state index is 0.191. The van der Waals surface area contributed by atoms with Crippen LogP contribution in [0.25, 0.3) is 0 Å². The van der Waals surface area contributed by atoms with Crippen molar-refractivity contribution in [3.63, 3.8) is 0 Å². The van der Waals surface area contributed by atoms with Gasteiger partial charge in [-0.15, -0.1) is 0 Å². The number of para-hydroxylation sites is 1. The van der Waals surface area contributed by atoms with Crippen molar-refractivity contribution in [2.24, 2.45) is 4.99 Å². The summed E-state index contributed by atoms with van der Waals surface area (Å²) in [5, 5.41) is 0. The van der Waals surface area contributed by atoms with E-state index in [0.29, 0.717) is 5.57 Å². The Morgan fingerprint density at radius 1 is 1.10 bits per heavy atom. The molecule has 0 saturated carbocycles. The van der Waals surface area contributed by atoms with Crippen LogP contribution >= 0.6 is 11.8 Å². The zero-order chi connectivity index (χ0) is 13.7. The molecule has 1 aromatic carbocycles. The van der Waals surface area contributed by atoms with Crippen LogP contribution in [0.5, 0.6) is 0 Å². The lowest BCUT2D eigenvalue weighted by molar-refractivity contribution is -0.134. The Hall–Kier alpha value is -2.20. The first-order chi connectivity index (χ1) is 9.74. The molecule has 96 valence electrons. The third kappa shape index (κ3) is 1.58. The monoisotopic (exact) mass is 279 g/mol. The lowest BCUT2D eigenvalue weighted by atomic mass is 9.87. The molecule has 3 aliphatic rings. The van der Waals surface area contributed by atoms with E-state index in [0.717, 1.165) is 26.8 Å². The molecular formula is C16H9NO2S. The highest BCUT2D eigenvalue weighted by Crippen LogP contribution is 2.44. The van der Waals surface area contributed by atoms with E-state index in [9.17, 15) is 9.59 Å². The second kappa shape index (κ2) is 4.15. The van der Waals surface area contributed by atoms with Gasteiger partial charge in [-0.1, -0.05) is 30.0 Å². The lowest BCUT2D eigenvalue weighted by Crippen LogP contribution is -2.25. The number of rotatable bonds is 0. The Morgan fingerprint density at radius 2 is 1.95 bits per heavy atom. The predicted molar refractivity (Wildman–Crippen MR) is 78.3 cm³/mol. The lowest BCUT2D eigenvalue weighted by Gasteiger charge is -2.24. The molecule has 0 fully saturated rings. The molecule has 0 aromatic heterocycles. The summed E-state index contributed by atoms with van der Waals surface area (Å²) in [6, 6.07) is 7.84. The van der Waals surface area contributed by atoms with E-state index in [-0.39, 0.29) is 18.0 Å². The Morgan fingerprint density at radius 3 is 2.75 bits per heavy atom. The van der Waals surface area contributed by atoms with Gasteiger partial charge in [0.05, 0.1) is 11.4 Å². The summed E-state index contributed by atoms with van der Waals surface area (Å²) < 4.78 is 0. The maximum absolute atomic E-state index is 12.2. The Kier molecular flexibility index (Phi) is 2.41. The topological polar surface area (TPSA) is 46.5 Å². The van der Waals surface area contributed by atoms with E-state index in [1.807, 2.05) is 42.5 Å². The summed E-state index contributed by atoms with van der Waals surface area (Å²) in [5.74, 6) is -0.730. The molecule has 3 nitrogen and oxygen atoms in total. The number of hydrogen-bond donors (Lipinski definition) is 0. The standard InChI is InChI=1S/C16H9NO2S/c18-12-7-8-14-15(16(12)19)9-5-6-10(9)17-11-3-1-2-4-13(11)20-14/h1-6,8H,7H2/b15-9+,17-10?. The maximum atomic E-state index is 12.2. The van der Waals surface area contributed by atoms with Crippen LogP contribution in [0.1, 0.15) is 6.42 Å². The third-order valence-electron chi connectivity index (χ3n) is 3.48. The highest BCUT2D eigenvalue weighted by Gasteiger charge is 2.33. The average Bonchev–Trinajstić information content (AvgIpc) is 2.43. The number of hydrogen-bond acceptors (Lipinski definition) is 4. The van der Waals surface area contributed by atoms with Crippen LogP contribution < -0.4 is 0 Å². The molecule has 0 amide bonds. The second-order valence-electron chi connectivity index (χ2n) is 4.71. The van der Waals surface area contributed by atoms with E-state index in [1.165, 1.54) is 11.8 Å². The number of allylic oxidation sites excluding steroid dienone is 5. The van der Waals surface area contributed by atoms with Gasteiger partial charge in [-0.25, -0.2) is 4.99 Å². The molecule has 1 heterocycles. The van der Waals surface area contributed by atoms with Crippen LogP contribution in [0.4, 0.5) is 5.69 Å². The number of ketones is 2. The van der Waals surface area contributed by atoms with Crippen LogP contribution in [0.3, 0.4) is 0 Å². The zero-order valence-electron chi connectivity index (χ0n) is 10.4. The smallest absolute Gasteiger partial charge is 0.230 e. The molecule has 0 saturated heterocycles. The molecule has 1 aromatic rings. The van der Waals surface area contributed by atoms with Crippen LogP contribution in [0.15, 0.2) is 68.4 Å².